The molecule has 162 valence electrons. The second-order valence-corrected chi connectivity index (χ2v) is 10.1. The SMILES string of the molecule is COc1ccc2c(c1)CCC1C2CCC2(C)C(=O)/C(=C/c3ccc(N(C)C)cc3)CC12. The zero-order chi connectivity index (χ0) is 21.8. The van der Waals surface area contributed by atoms with Gasteiger partial charge in [0.15, 0.2) is 5.78 Å². The lowest BCUT2D eigenvalue weighted by Crippen LogP contribution is -2.42. The number of fused-ring (bicyclic) bond motifs is 5. The molecular weight excluding hydrogens is 382 g/mol. The summed E-state index contributed by atoms with van der Waals surface area (Å²) in [4.78, 5) is 15.7. The second kappa shape index (κ2) is 7.55. The van der Waals surface area contributed by atoms with Crippen molar-refractivity contribution >= 4 is 17.5 Å². The molecule has 31 heavy (non-hydrogen) atoms. The fourth-order valence-corrected chi connectivity index (χ4v) is 6.56. The van der Waals surface area contributed by atoms with Crippen molar-refractivity contribution in [3.05, 3.63) is 64.7 Å². The predicted molar refractivity (Wildman–Crippen MR) is 127 cm³/mol. The molecule has 0 amide bonds. The van der Waals surface area contributed by atoms with E-state index in [1.807, 2.05) is 14.1 Å². The van der Waals surface area contributed by atoms with E-state index >= 15 is 0 Å². The van der Waals surface area contributed by atoms with Crippen molar-refractivity contribution in [2.45, 2.75) is 44.9 Å². The topological polar surface area (TPSA) is 29.5 Å². The maximum Gasteiger partial charge on any atom is 0.165 e. The summed E-state index contributed by atoms with van der Waals surface area (Å²) >= 11 is 0. The number of allylic oxidation sites excluding steroid dienone is 1. The summed E-state index contributed by atoms with van der Waals surface area (Å²) < 4.78 is 5.45. The molecule has 2 aromatic rings. The lowest BCUT2D eigenvalue weighted by molar-refractivity contribution is -0.127. The minimum Gasteiger partial charge on any atom is -0.497 e. The van der Waals surface area contributed by atoms with Crippen LogP contribution in [0.25, 0.3) is 6.08 Å². The Morgan fingerprint density at radius 3 is 2.58 bits per heavy atom. The number of nitrogens with zero attached hydrogens (tertiary/aromatic N) is 1. The van der Waals surface area contributed by atoms with Crippen LogP contribution in [0.4, 0.5) is 5.69 Å². The third-order valence-corrected chi connectivity index (χ3v) is 8.32. The van der Waals surface area contributed by atoms with E-state index in [0.29, 0.717) is 23.5 Å². The number of anilines is 1. The van der Waals surface area contributed by atoms with Crippen LogP contribution in [0.2, 0.25) is 0 Å². The fourth-order valence-electron chi connectivity index (χ4n) is 6.56. The van der Waals surface area contributed by atoms with E-state index in [1.165, 1.54) is 23.2 Å². The Bertz CT molecular complexity index is 1040. The van der Waals surface area contributed by atoms with E-state index in [1.54, 1.807) is 7.11 Å². The minimum absolute atomic E-state index is 0.194. The zero-order valence-electron chi connectivity index (χ0n) is 19.2. The van der Waals surface area contributed by atoms with Gasteiger partial charge in [-0.3, -0.25) is 4.79 Å². The molecule has 3 aliphatic rings. The van der Waals surface area contributed by atoms with Gasteiger partial charge >= 0.3 is 0 Å². The van der Waals surface area contributed by atoms with Crippen LogP contribution in [0.15, 0.2) is 48.0 Å². The van der Waals surface area contributed by atoms with E-state index in [-0.39, 0.29) is 5.41 Å². The standard InChI is InChI=1S/C28H33NO2/c1-28-14-13-24-23-12-10-22(31-4)16-19(23)7-11-25(24)26(28)17-20(27(28)30)15-18-5-8-21(9-6-18)29(2)3/h5-6,8-10,12,15-16,24-26H,7,11,13-14,17H2,1-4H3/b20-15+. The summed E-state index contributed by atoms with van der Waals surface area (Å²) in [6, 6.07) is 15.1. The molecule has 0 saturated heterocycles. The molecule has 0 radical (unpaired) electrons. The Morgan fingerprint density at radius 1 is 1.10 bits per heavy atom. The molecule has 2 fully saturated rings. The van der Waals surface area contributed by atoms with Crippen molar-refractivity contribution < 1.29 is 9.53 Å². The number of carbonyl (C=O) groups excluding carboxylic acids is 1. The monoisotopic (exact) mass is 415 g/mol. The quantitative estimate of drug-likeness (QED) is 0.586. The van der Waals surface area contributed by atoms with Crippen LogP contribution in [-0.2, 0) is 11.2 Å². The van der Waals surface area contributed by atoms with Crippen molar-refractivity contribution in [3.63, 3.8) is 0 Å². The smallest absolute Gasteiger partial charge is 0.165 e. The van der Waals surface area contributed by atoms with Crippen molar-refractivity contribution in [3.8, 4) is 5.75 Å². The Labute approximate surface area is 186 Å². The van der Waals surface area contributed by atoms with Gasteiger partial charge in [0, 0.05) is 25.2 Å². The van der Waals surface area contributed by atoms with Gasteiger partial charge in [0.25, 0.3) is 0 Å². The highest BCUT2D eigenvalue weighted by Crippen LogP contribution is 2.60. The van der Waals surface area contributed by atoms with Crippen molar-refractivity contribution in [1.82, 2.24) is 0 Å². The molecular formula is C28H33NO2. The molecule has 3 nitrogen and oxygen atoms in total. The Balaban J connectivity index is 1.43. The molecule has 0 N–H and O–H groups in total. The maximum atomic E-state index is 13.6. The molecule has 3 heteroatoms. The highest BCUT2D eigenvalue weighted by molar-refractivity contribution is 6.06. The summed E-state index contributed by atoms with van der Waals surface area (Å²) in [5.74, 6) is 3.00. The molecule has 2 aromatic carbocycles. The van der Waals surface area contributed by atoms with E-state index in [2.05, 4.69) is 60.4 Å². The lowest BCUT2D eigenvalue weighted by atomic mass is 9.55. The minimum atomic E-state index is -0.194. The number of hydrogen-bond acceptors (Lipinski definition) is 3. The number of ketones is 1. The van der Waals surface area contributed by atoms with Crippen molar-refractivity contribution in [2.75, 3.05) is 26.1 Å². The Kier molecular flexibility index (Phi) is 4.96. The number of ether oxygens (including phenoxy) is 1. The lowest BCUT2D eigenvalue weighted by Gasteiger charge is -2.48. The highest BCUT2D eigenvalue weighted by atomic mass is 16.5. The third-order valence-electron chi connectivity index (χ3n) is 8.32. The second-order valence-electron chi connectivity index (χ2n) is 10.1. The molecule has 0 aromatic heterocycles. The number of benzene rings is 2. The van der Waals surface area contributed by atoms with Gasteiger partial charge < -0.3 is 9.64 Å². The highest BCUT2D eigenvalue weighted by Gasteiger charge is 2.56. The molecule has 3 aliphatic carbocycles. The number of Topliss-reactive ketones (excluding diaryl/α,β-unsaturated/α-hetero) is 1. The number of carbonyl (C=O) groups is 1. The molecule has 0 aliphatic heterocycles. The van der Waals surface area contributed by atoms with Crippen LogP contribution in [0.3, 0.4) is 0 Å². The van der Waals surface area contributed by atoms with Gasteiger partial charge in [-0.25, -0.2) is 0 Å². The largest absolute Gasteiger partial charge is 0.497 e. The molecule has 0 bridgehead atoms. The van der Waals surface area contributed by atoms with Crippen molar-refractivity contribution in [2.24, 2.45) is 17.3 Å². The predicted octanol–water partition coefficient (Wildman–Crippen LogP) is 5.88. The first-order valence-corrected chi connectivity index (χ1v) is 11.6. The van der Waals surface area contributed by atoms with Crippen LogP contribution in [0.1, 0.15) is 55.2 Å². The summed E-state index contributed by atoms with van der Waals surface area (Å²) in [5.41, 5.74) is 6.11. The number of hydrogen-bond donors (Lipinski definition) is 0. The van der Waals surface area contributed by atoms with Gasteiger partial charge in [-0.1, -0.05) is 25.1 Å². The molecule has 4 atom stereocenters. The first-order chi connectivity index (χ1) is 14.9. The zero-order valence-corrected chi connectivity index (χ0v) is 19.2. The Hall–Kier alpha value is -2.55. The first-order valence-electron chi connectivity index (χ1n) is 11.6. The summed E-state index contributed by atoms with van der Waals surface area (Å²) in [5, 5.41) is 0. The van der Waals surface area contributed by atoms with Crippen LogP contribution in [0, 0.1) is 17.3 Å². The van der Waals surface area contributed by atoms with Gasteiger partial charge in [-0.2, -0.15) is 0 Å². The van der Waals surface area contributed by atoms with E-state index in [0.717, 1.165) is 42.6 Å². The summed E-state index contributed by atoms with van der Waals surface area (Å²) in [6.07, 6.45) is 7.48. The normalized spacial score (nSPS) is 30.5. The van der Waals surface area contributed by atoms with Crippen LogP contribution in [0.5, 0.6) is 5.75 Å². The van der Waals surface area contributed by atoms with Gasteiger partial charge in [0.2, 0.25) is 0 Å². The van der Waals surface area contributed by atoms with E-state index in [9.17, 15) is 4.79 Å². The fraction of sp³-hybridized carbons (Fsp3) is 0.464. The first kappa shape index (κ1) is 20.4. The van der Waals surface area contributed by atoms with Gasteiger partial charge in [-0.15, -0.1) is 0 Å². The van der Waals surface area contributed by atoms with Crippen LogP contribution < -0.4 is 9.64 Å². The van der Waals surface area contributed by atoms with Crippen LogP contribution >= 0.6 is 0 Å². The van der Waals surface area contributed by atoms with Gasteiger partial charge in [-0.05, 0) is 102 Å². The Morgan fingerprint density at radius 2 is 1.87 bits per heavy atom. The van der Waals surface area contributed by atoms with Crippen molar-refractivity contribution in [1.29, 1.82) is 0 Å². The van der Waals surface area contributed by atoms with Gasteiger partial charge in [0.1, 0.15) is 5.75 Å². The number of rotatable bonds is 3. The summed E-state index contributed by atoms with van der Waals surface area (Å²) in [6.45, 7) is 2.25. The molecule has 4 unspecified atom stereocenters. The van der Waals surface area contributed by atoms with Crippen LogP contribution in [-0.4, -0.2) is 27.0 Å². The molecule has 0 heterocycles. The number of methoxy groups -OCH3 is 1. The number of aryl methyl sites for hydroxylation is 1. The summed E-state index contributed by atoms with van der Waals surface area (Å²) in [7, 11) is 5.84. The average Bonchev–Trinajstić information content (AvgIpc) is 3.04. The third kappa shape index (κ3) is 3.30. The molecule has 5 rings (SSSR count). The van der Waals surface area contributed by atoms with E-state index in [4.69, 9.17) is 4.74 Å². The molecule has 2 saturated carbocycles. The maximum absolute atomic E-state index is 13.6. The molecule has 0 spiro atoms. The van der Waals surface area contributed by atoms with Gasteiger partial charge in [0.05, 0.1) is 7.11 Å². The average molecular weight is 416 g/mol. The van der Waals surface area contributed by atoms with E-state index < -0.39 is 0 Å².